The lowest BCUT2D eigenvalue weighted by Crippen LogP contribution is -1.90. The second-order valence-electron chi connectivity index (χ2n) is 2.99. The van der Waals surface area contributed by atoms with Crippen LogP contribution in [0.3, 0.4) is 0 Å². The Balaban J connectivity index is 3.17. The molecule has 0 aromatic heterocycles. The van der Waals surface area contributed by atoms with Gasteiger partial charge in [0.1, 0.15) is 5.75 Å². The van der Waals surface area contributed by atoms with E-state index in [0.29, 0.717) is 11.8 Å². The molecule has 0 saturated heterocycles. The van der Waals surface area contributed by atoms with Crippen LogP contribution in [0.4, 0.5) is 0 Å². The summed E-state index contributed by atoms with van der Waals surface area (Å²) in [7, 11) is 0. The Morgan fingerprint density at radius 3 is 2.60 bits per heavy atom. The van der Waals surface area contributed by atoms with Crippen LogP contribution in [0, 0.1) is 6.92 Å². The van der Waals surface area contributed by atoms with Crippen molar-refractivity contribution >= 4 is 12.5 Å². The normalized spacial score (nSPS) is 11.3. The molecule has 0 radical (unpaired) electrons. The van der Waals surface area contributed by atoms with E-state index < -0.39 is 0 Å². The number of aryl methyl sites for hydroxylation is 1. The first-order chi connectivity index (χ1) is 7.19. The van der Waals surface area contributed by atoms with Gasteiger partial charge in [0.25, 0.3) is 0 Å². The van der Waals surface area contributed by atoms with Gasteiger partial charge < -0.3 is 10.2 Å². The molecule has 0 spiro atoms. The van der Waals surface area contributed by atoms with Crippen LogP contribution in [0.5, 0.6) is 5.75 Å². The number of aldehydes is 1. The third-order valence-corrected chi connectivity index (χ3v) is 1.81. The fourth-order valence-electron chi connectivity index (χ4n) is 1.19. The summed E-state index contributed by atoms with van der Waals surface area (Å²) in [5, 5.41) is 18.0. The van der Waals surface area contributed by atoms with Gasteiger partial charge in [0.2, 0.25) is 0 Å². The molecular formula is C11H11NO3. The van der Waals surface area contributed by atoms with Crippen LogP contribution in [0.2, 0.25) is 0 Å². The minimum atomic E-state index is -0.106. The standard InChI is InChI=1S/C11H11NO3/c1-8-4-9(6-12-2-3-13)11(15)10(5-8)7-14/h2-7,13,15H,1H3/b3-2-,12-6?. The molecule has 0 saturated carbocycles. The maximum atomic E-state index is 10.6. The van der Waals surface area contributed by atoms with Gasteiger partial charge in [-0.15, -0.1) is 0 Å². The van der Waals surface area contributed by atoms with Gasteiger partial charge in [-0.2, -0.15) is 0 Å². The minimum Gasteiger partial charge on any atom is -0.514 e. The number of phenols is 1. The molecule has 0 amide bonds. The number of hydrogen-bond donors (Lipinski definition) is 2. The van der Waals surface area contributed by atoms with Gasteiger partial charge in [-0.3, -0.25) is 9.79 Å². The zero-order valence-electron chi connectivity index (χ0n) is 8.21. The summed E-state index contributed by atoms with van der Waals surface area (Å²) in [6.45, 7) is 1.81. The summed E-state index contributed by atoms with van der Waals surface area (Å²) in [6.07, 6.45) is 3.90. The van der Waals surface area contributed by atoms with Crippen molar-refractivity contribution in [1.82, 2.24) is 0 Å². The number of nitrogens with zero attached hydrogens (tertiary/aromatic N) is 1. The van der Waals surface area contributed by atoms with Gasteiger partial charge in [-0.1, -0.05) is 0 Å². The number of benzene rings is 1. The van der Waals surface area contributed by atoms with Gasteiger partial charge >= 0.3 is 0 Å². The molecule has 0 atom stereocenters. The predicted octanol–water partition coefficient (Wildman–Crippen LogP) is 1.96. The van der Waals surface area contributed by atoms with Crippen molar-refractivity contribution in [2.45, 2.75) is 6.92 Å². The molecule has 0 unspecified atom stereocenters. The first kappa shape index (κ1) is 11.0. The highest BCUT2D eigenvalue weighted by molar-refractivity contribution is 5.90. The van der Waals surface area contributed by atoms with Crippen LogP contribution in [-0.2, 0) is 0 Å². The maximum Gasteiger partial charge on any atom is 0.153 e. The lowest BCUT2D eigenvalue weighted by atomic mass is 10.1. The van der Waals surface area contributed by atoms with Gasteiger partial charge in [0.15, 0.2) is 6.29 Å². The van der Waals surface area contributed by atoms with Crippen LogP contribution < -0.4 is 0 Å². The zero-order valence-corrected chi connectivity index (χ0v) is 8.21. The number of carbonyl (C=O) groups excluding carboxylic acids is 1. The molecule has 0 aliphatic carbocycles. The molecule has 0 bridgehead atoms. The van der Waals surface area contributed by atoms with E-state index in [0.717, 1.165) is 11.8 Å². The Kier molecular flexibility index (Phi) is 3.62. The summed E-state index contributed by atoms with van der Waals surface area (Å²) in [6, 6.07) is 3.28. The highest BCUT2D eigenvalue weighted by Gasteiger charge is 2.05. The zero-order chi connectivity index (χ0) is 11.3. The fourth-order valence-corrected chi connectivity index (χ4v) is 1.19. The Morgan fingerprint density at radius 2 is 2.00 bits per heavy atom. The fraction of sp³-hybridized carbons (Fsp3) is 0.0909. The van der Waals surface area contributed by atoms with Gasteiger partial charge in [-0.05, 0) is 24.6 Å². The van der Waals surface area contributed by atoms with E-state index in [4.69, 9.17) is 5.11 Å². The molecule has 0 aliphatic heterocycles. The molecule has 1 aromatic carbocycles. The van der Waals surface area contributed by atoms with E-state index >= 15 is 0 Å². The third-order valence-electron chi connectivity index (χ3n) is 1.81. The van der Waals surface area contributed by atoms with Crippen LogP contribution in [0.1, 0.15) is 21.5 Å². The van der Waals surface area contributed by atoms with E-state index in [1.807, 2.05) is 6.92 Å². The summed E-state index contributed by atoms with van der Waals surface area (Å²) in [5.41, 5.74) is 1.52. The quantitative estimate of drug-likeness (QED) is 0.450. The topological polar surface area (TPSA) is 69.9 Å². The number of aliphatic hydroxyl groups is 1. The first-order valence-electron chi connectivity index (χ1n) is 4.30. The Bertz CT molecular complexity index is 422. The molecule has 0 aliphatic rings. The second-order valence-corrected chi connectivity index (χ2v) is 2.99. The largest absolute Gasteiger partial charge is 0.514 e. The van der Waals surface area contributed by atoms with E-state index in [2.05, 4.69) is 4.99 Å². The highest BCUT2D eigenvalue weighted by Crippen LogP contribution is 2.21. The van der Waals surface area contributed by atoms with E-state index in [1.54, 1.807) is 12.1 Å². The Labute approximate surface area is 87.2 Å². The molecular weight excluding hydrogens is 194 g/mol. The first-order valence-corrected chi connectivity index (χ1v) is 4.30. The molecule has 4 heteroatoms. The summed E-state index contributed by atoms with van der Waals surface area (Å²) in [5.74, 6) is -0.106. The number of aliphatic imine (C=N–C) groups is 1. The Hall–Kier alpha value is -2.10. The number of rotatable bonds is 3. The van der Waals surface area contributed by atoms with Crippen molar-refractivity contribution < 1.29 is 15.0 Å². The van der Waals surface area contributed by atoms with Crippen molar-refractivity contribution in [1.29, 1.82) is 0 Å². The SMILES string of the molecule is Cc1cc(C=O)c(O)c(C=N/C=C\O)c1. The summed E-state index contributed by atoms with van der Waals surface area (Å²) in [4.78, 5) is 14.3. The van der Waals surface area contributed by atoms with Gasteiger partial charge in [0, 0.05) is 11.8 Å². The maximum absolute atomic E-state index is 10.6. The highest BCUT2D eigenvalue weighted by atomic mass is 16.3. The monoisotopic (exact) mass is 205 g/mol. The van der Waals surface area contributed by atoms with Crippen LogP contribution in [0.25, 0.3) is 0 Å². The number of carbonyl (C=O) groups is 1. The molecule has 78 valence electrons. The lowest BCUT2D eigenvalue weighted by molar-refractivity contribution is 0.112. The number of phenolic OH excluding ortho intramolecular Hbond substituents is 1. The van der Waals surface area contributed by atoms with E-state index in [-0.39, 0.29) is 11.3 Å². The molecule has 4 nitrogen and oxygen atoms in total. The van der Waals surface area contributed by atoms with Crippen LogP contribution in [0.15, 0.2) is 29.6 Å². The molecule has 1 aromatic rings. The van der Waals surface area contributed by atoms with Crippen LogP contribution >= 0.6 is 0 Å². The predicted molar refractivity (Wildman–Crippen MR) is 57.6 cm³/mol. The van der Waals surface area contributed by atoms with E-state index in [1.165, 1.54) is 12.4 Å². The van der Waals surface area contributed by atoms with Crippen molar-refractivity contribution in [2.24, 2.45) is 4.99 Å². The second kappa shape index (κ2) is 4.95. The number of aliphatic hydroxyl groups excluding tert-OH is 1. The molecule has 2 N–H and O–H groups in total. The van der Waals surface area contributed by atoms with E-state index in [9.17, 15) is 9.90 Å². The molecule has 0 heterocycles. The van der Waals surface area contributed by atoms with Crippen LogP contribution in [-0.4, -0.2) is 22.7 Å². The number of hydrogen-bond acceptors (Lipinski definition) is 4. The smallest absolute Gasteiger partial charge is 0.153 e. The summed E-state index contributed by atoms with van der Waals surface area (Å²) < 4.78 is 0. The average molecular weight is 205 g/mol. The van der Waals surface area contributed by atoms with Crippen molar-refractivity contribution in [2.75, 3.05) is 0 Å². The van der Waals surface area contributed by atoms with Crippen molar-refractivity contribution in [3.63, 3.8) is 0 Å². The summed E-state index contributed by atoms with van der Waals surface area (Å²) >= 11 is 0. The van der Waals surface area contributed by atoms with Crippen molar-refractivity contribution in [3.8, 4) is 5.75 Å². The van der Waals surface area contributed by atoms with Gasteiger partial charge in [0.05, 0.1) is 18.0 Å². The molecule has 15 heavy (non-hydrogen) atoms. The number of aromatic hydroxyl groups is 1. The van der Waals surface area contributed by atoms with Crippen molar-refractivity contribution in [3.05, 3.63) is 41.3 Å². The average Bonchev–Trinajstić information content (AvgIpc) is 2.23. The lowest BCUT2D eigenvalue weighted by Gasteiger charge is -2.03. The van der Waals surface area contributed by atoms with Gasteiger partial charge in [-0.25, -0.2) is 0 Å². The molecule has 1 rings (SSSR count). The third kappa shape index (κ3) is 2.67. The minimum absolute atomic E-state index is 0.106. The Morgan fingerprint density at radius 1 is 1.33 bits per heavy atom. The molecule has 0 fully saturated rings.